The number of rotatable bonds is 8. The quantitative estimate of drug-likeness (QED) is 0.659. The molecular formula is C24H34N2O4. The molecule has 0 aromatic heterocycles. The summed E-state index contributed by atoms with van der Waals surface area (Å²) in [6.07, 6.45) is 8.38. The third-order valence-electron chi connectivity index (χ3n) is 7.21. The highest BCUT2D eigenvalue weighted by Gasteiger charge is 2.52. The van der Waals surface area contributed by atoms with Gasteiger partial charge in [-0.3, -0.25) is 9.80 Å². The second-order valence-electron chi connectivity index (χ2n) is 9.28. The van der Waals surface area contributed by atoms with E-state index in [9.17, 15) is 5.11 Å². The predicted molar refractivity (Wildman–Crippen MR) is 115 cm³/mol. The third kappa shape index (κ3) is 4.24. The Kier molecular flexibility index (Phi) is 6.01. The van der Waals surface area contributed by atoms with Crippen molar-refractivity contribution >= 4 is 0 Å². The number of hydrogen-bond donors (Lipinski definition) is 1. The Labute approximate surface area is 179 Å². The Morgan fingerprint density at radius 2 is 1.90 bits per heavy atom. The molecule has 1 unspecified atom stereocenters. The van der Waals surface area contributed by atoms with E-state index in [4.69, 9.17) is 14.2 Å². The molecule has 0 aliphatic carbocycles. The minimum atomic E-state index is -0.515. The molecule has 3 saturated heterocycles. The number of fused-ring (bicyclic) bond motifs is 5. The molecule has 1 aromatic rings. The zero-order valence-corrected chi connectivity index (χ0v) is 17.9. The molecule has 164 valence electrons. The molecule has 4 aliphatic rings. The lowest BCUT2D eigenvalue weighted by atomic mass is 9.82. The fourth-order valence-corrected chi connectivity index (χ4v) is 5.76. The standard InChI is InChI=1S/C24H34N2O4/c1-28-23-6-5-17(12-26-14-19-20(15-26)22-8-7-21(19)30-22)11-24(23)29-16-18(27)13-25-9-3-2-4-10-25/h2-3,5-6,11,18-22,27H,4,7-10,12-16H2,1H3/t18?,19-,20+,21+,22-. The van der Waals surface area contributed by atoms with Crippen LogP contribution < -0.4 is 9.47 Å². The SMILES string of the molecule is COc1ccc(CN2C[C@@H]3[C@H](C2)[C@H]2CC[C@@H]3O2)cc1OCC(O)CN1CC=CCC1. The van der Waals surface area contributed by atoms with E-state index in [1.54, 1.807) is 7.11 Å². The highest BCUT2D eigenvalue weighted by molar-refractivity contribution is 5.43. The van der Waals surface area contributed by atoms with Gasteiger partial charge < -0.3 is 19.3 Å². The van der Waals surface area contributed by atoms with Gasteiger partial charge in [0.15, 0.2) is 11.5 Å². The lowest BCUT2D eigenvalue weighted by molar-refractivity contribution is 0.0692. The first-order chi connectivity index (χ1) is 14.7. The largest absolute Gasteiger partial charge is 0.493 e. The van der Waals surface area contributed by atoms with Crippen molar-refractivity contribution in [1.82, 2.24) is 9.80 Å². The van der Waals surface area contributed by atoms with Crippen LogP contribution in [0.3, 0.4) is 0 Å². The minimum absolute atomic E-state index is 0.272. The maximum absolute atomic E-state index is 10.4. The molecule has 5 atom stereocenters. The number of ether oxygens (including phenoxy) is 3. The monoisotopic (exact) mass is 414 g/mol. The Bertz CT molecular complexity index is 752. The number of benzene rings is 1. The zero-order chi connectivity index (χ0) is 20.5. The fourth-order valence-electron chi connectivity index (χ4n) is 5.76. The van der Waals surface area contributed by atoms with Crippen molar-refractivity contribution in [1.29, 1.82) is 0 Å². The average molecular weight is 415 g/mol. The second kappa shape index (κ2) is 8.87. The van der Waals surface area contributed by atoms with Gasteiger partial charge in [0.1, 0.15) is 12.7 Å². The van der Waals surface area contributed by atoms with Crippen LogP contribution in [0.4, 0.5) is 0 Å². The molecule has 6 nitrogen and oxygen atoms in total. The number of β-amino-alcohol motifs (C(OH)–C–C–N with tert-alkyl or cyclic N) is 1. The molecule has 0 spiro atoms. The van der Waals surface area contributed by atoms with Crippen LogP contribution >= 0.6 is 0 Å². The molecule has 4 heterocycles. The van der Waals surface area contributed by atoms with E-state index in [1.165, 1.54) is 18.4 Å². The summed E-state index contributed by atoms with van der Waals surface area (Å²) in [5, 5.41) is 10.4. The van der Waals surface area contributed by atoms with Crippen LogP contribution in [0, 0.1) is 11.8 Å². The van der Waals surface area contributed by atoms with E-state index in [2.05, 4.69) is 34.1 Å². The lowest BCUT2D eigenvalue weighted by Gasteiger charge is -2.25. The molecular weight excluding hydrogens is 380 g/mol. The van der Waals surface area contributed by atoms with Crippen LogP contribution in [-0.4, -0.2) is 79.7 Å². The van der Waals surface area contributed by atoms with Crippen molar-refractivity contribution in [3.05, 3.63) is 35.9 Å². The van der Waals surface area contributed by atoms with Crippen LogP contribution in [0.5, 0.6) is 11.5 Å². The summed E-state index contributed by atoms with van der Waals surface area (Å²) >= 11 is 0. The molecule has 5 rings (SSSR count). The first-order valence-corrected chi connectivity index (χ1v) is 11.4. The van der Waals surface area contributed by atoms with Crippen molar-refractivity contribution < 1.29 is 19.3 Å². The van der Waals surface area contributed by atoms with Gasteiger partial charge in [0, 0.05) is 51.1 Å². The molecule has 2 bridgehead atoms. The van der Waals surface area contributed by atoms with E-state index in [0.717, 1.165) is 62.5 Å². The number of aliphatic hydroxyl groups is 1. The summed E-state index contributed by atoms with van der Waals surface area (Å²) in [7, 11) is 1.66. The molecule has 1 N–H and O–H groups in total. The van der Waals surface area contributed by atoms with Crippen molar-refractivity contribution in [2.75, 3.05) is 46.4 Å². The second-order valence-corrected chi connectivity index (χ2v) is 9.28. The average Bonchev–Trinajstić information content (AvgIpc) is 3.47. The van der Waals surface area contributed by atoms with Gasteiger partial charge in [0.2, 0.25) is 0 Å². The van der Waals surface area contributed by atoms with E-state index in [-0.39, 0.29) is 6.61 Å². The Balaban J connectivity index is 1.17. The topological polar surface area (TPSA) is 54.4 Å². The van der Waals surface area contributed by atoms with Crippen LogP contribution in [0.1, 0.15) is 24.8 Å². The maximum atomic E-state index is 10.4. The molecule has 0 saturated carbocycles. The van der Waals surface area contributed by atoms with E-state index < -0.39 is 6.10 Å². The maximum Gasteiger partial charge on any atom is 0.161 e. The molecule has 1 aromatic carbocycles. The van der Waals surface area contributed by atoms with Gasteiger partial charge in [-0.25, -0.2) is 0 Å². The highest BCUT2D eigenvalue weighted by atomic mass is 16.5. The summed E-state index contributed by atoms with van der Waals surface area (Å²) < 4.78 is 17.6. The number of nitrogens with zero attached hydrogens (tertiary/aromatic N) is 2. The zero-order valence-electron chi connectivity index (χ0n) is 17.9. The van der Waals surface area contributed by atoms with Crippen LogP contribution in [0.25, 0.3) is 0 Å². The third-order valence-corrected chi connectivity index (χ3v) is 7.21. The fraction of sp³-hybridized carbons (Fsp3) is 0.667. The number of likely N-dealkylation sites (tertiary alicyclic amines) is 1. The van der Waals surface area contributed by atoms with Gasteiger partial charge in [-0.2, -0.15) is 0 Å². The Morgan fingerprint density at radius 1 is 1.10 bits per heavy atom. The minimum Gasteiger partial charge on any atom is -0.493 e. The summed E-state index contributed by atoms with van der Waals surface area (Å²) in [6.45, 7) is 6.00. The van der Waals surface area contributed by atoms with Crippen molar-refractivity contribution in [3.8, 4) is 11.5 Å². The molecule has 6 heteroatoms. The normalized spacial score (nSPS) is 31.8. The number of methoxy groups -OCH3 is 1. The number of aliphatic hydroxyl groups excluding tert-OH is 1. The van der Waals surface area contributed by atoms with Gasteiger partial charge in [0.05, 0.1) is 19.3 Å². The summed E-state index contributed by atoms with van der Waals surface area (Å²) in [4.78, 5) is 4.82. The first kappa shape index (κ1) is 20.3. The van der Waals surface area contributed by atoms with Crippen molar-refractivity contribution in [2.45, 2.75) is 44.1 Å². The van der Waals surface area contributed by atoms with Crippen LogP contribution in [0.15, 0.2) is 30.4 Å². The van der Waals surface area contributed by atoms with E-state index in [1.807, 2.05) is 6.07 Å². The van der Waals surface area contributed by atoms with Gasteiger partial charge in [0.25, 0.3) is 0 Å². The van der Waals surface area contributed by atoms with E-state index in [0.29, 0.717) is 18.8 Å². The van der Waals surface area contributed by atoms with Gasteiger partial charge in [-0.05, 0) is 37.0 Å². The summed E-state index contributed by atoms with van der Waals surface area (Å²) in [6, 6.07) is 6.19. The molecule has 30 heavy (non-hydrogen) atoms. The molecule has 0 radical (unpaired) electrons. The Morgan fingerprint density at radius 3 is 2.60 bits per heavy atom. The van der Waals surface area contributed by atoms with Gasteiger partial charge in [-0.1, -0.05) is 18.2 Å². The smallest absolute Gasteiger partial charge is 0.161 e. The number of hydrogen-bond acceptors (Lipinski definition) is 6. The van der Waals surface area contributed by atoms with Gasteiger partial charge >= 0.3 is 0 Å². The summed E-state index contributed by atoms with van der Waals surface area (Å²) in [5.41, 5.74) is 1.23. The predicted octanol–water partition coefficient (Wildman–Crippen LogP) is 2.31. The van der Waals surface area contributed by atoms with Crippen molar-refractivity contribution in [3.63, 3.8) is 0 Å². The Hall–Kier alpha value is -1.60. The van der Waals surface area contributed by atoms with Crippen molar-refractivity contribution in [2.24, 2.45) is 11.8 Å². The molecule has 4 aliphatic heterocycles. The molecule has 0 amide bonds. The van der Waals surface area contributed by atoms with E-state index >= 15 is 0 Å². The lowest BCUT2D eigenvalue weighted by Crippen LogP contribution is -2.37. The highest BCUT2D eigenvalue weighted by Crippen LogP contribution is 2.47. The van der Waals surface area contributed by atoms with Crippen LogP contribution in [0.2, 0.25) is 0 Å². The van der Waals surface area contributed by atoms with Crippen LogP contribution in [-0.2, 0) is 11.3 Å². The molecule has 3 fully saturated rings. The van der Waals surface area contributed by atoms with Gasteiger partial charge in [-0.15, -0.1) is 0 Å². The first-order valence-electron chi connectivity index (χ1n) is 11.4. The summed E-state index contributed by atoms with van der Waals surface area (Å²) in [5.74, 6) is 2.88.